The Hall–Kier alpha value is -1.82. The van der Waals surface area contributed by atoms with Crippen LogP contribution in [0, 0.1) is 5.82 Å². The zero-order valence-corrected chi connectivity index (χ0v) is 12.1. The average Bonchev–Trinajstić information content (AvgIpc) is 2.43. The van der Waals surface area contributed by atoms with Crippen molar-refractivity contribution >= 4 is 5.84 Å². The molecule has 6 heteroatoms. The van der Waals surface area contributed by atoms with Crippen molar-refractivity contribution in [2.24, 2.45) is 10.9 Å². The zero-order valence-electron chi connectivity index (χ0n) is 12.1. The number of ether oxygens (including phenoxy) is 1. The summed E-state index contributed by atoms with van der Waals surface area (Å²) in [7, 11) is 1.51. The smallest absolute Gasteiger partial charge is 0.140 e. The van der Waals surface area contributed by atoms with E-state index in [1.807, 2.05) is 13.8 Å². The van der Waals surface area contributed by atoms with Crippen LogP contribution in [0.15, 0.2) is 23.4 Å². The van der Waals surface area contributed by atoms with Crippen molar-refractivity contribution in [3.05, 3.63) is 29.6 Å². The molecule has 0 atom stereocenters. The van der Waals surface area contributed by atoms with E-state index < -0.39 is 0 Å². The van der Waals surface area contributed by atoms with Crippen LogP contribution >= 0.6 is 0 Å². The van der Waals surface area contributed by atoms with Crippen LogP contribution in [0.3, 0.4) is 0 Å². The van der Waals surface area contributed by atoms with Crippen LogP contribution in [0.1, 0.15) is 25.8 Å². The Bertz CT molecular complexity index is 464. The van der Waals surface area contributed by atoms with Gasteiger partial charge in [0.15, 0.2) is 0 Å². The van der Waals surface area contributed by atoms with Crippen LogP contribution in [-0.2, 0) is 6.54 Å². The van der Waals surface area contributed by atoms with Gasteiger partial charge in [0, 0.05) is 37.2 Å². The first-order valence-corrected chi connectivity index (χ1v) is 6.50. The van der Waals surface area contributed by atoms with Crippen LogP contribution in [-0.4, -0.2) is 35.6 Å². The molecule has 0 fully saturated rings. The molecule has 3 N–H and O–H groups in total. The number of methoxy groups -OCH3 is 1. The van der Waals surface area contributed by atoms with E-state index in [4.69, 9.17) is 15.7 Å². The highest BCUT2D eigenvalue weighted by Crippen LogP contribution is 2.18. The Kier molecular flexibility index (Phi) is 6.24. The van der Waals surface area contributed by atoms with Gasteiger partial charge in [-0.05, 0) is 19.9 Å². The summed E-state index contributed by atoms with van der Waals surface area (Å²) in [6, 6.07) is 5.05. The fraction of sp³-hybridized carbons (Fsp3) is 0.500. The SMILES string of the molecule is COc1ccc(CN(CC/C(N)=N/O)C(C)C)c(F)c1. The topological polar surface area (TPSA) is 71.1 Å². The van der Waals surface area contributed by atoms with Gasteiger partial charge in [0.2, 0.25) is 0 Å². The number of amidine groups is 1. The van der Waals surface area contributed by atoms with Gasteiger partial charge in [-0.2, -0.15) is 0 Å². The highest BCUT2D eigenvalue weighted by atomic mass is 19.1. The lowest BCUT2D eigenvalue weighted by Gasteiger charge is -2.26. The van der Waals surface area contributed by atoms with E-state index in [0.29, 0.717) is 30.8 Å². The number of nitrogens with two attached hydrogens (primary N) is 1. The number of hydrogen-bond donors (Lipinski definition) is 2. The van der Waals surface area contributed by atoms with Crippen LogP contribution < -0.4 is 10.5 Å². The van der Waals surface area contributed by atoms with Crippen molar-refractivity contribution in [1.29, 1.82) is 0 Å². The second-order valence-electron chi connectivity index (χ2n) is 4.86. The summed E-state index contributed by atoms with van der Waals surface area (Å²) in [5.74, 6) is 0.378. The molecule has 0 aromatic heterocycles. The molecule has 20 heavy (non-hydrogen) atoms. The van der Waals surface area contributed by atoms with Gasteiger partial charge in [0.1, 0.15) is 17.4 Å². The standard InChI is InChI=1S/C14H22FN3O2/c1-10(2)18(7-6-14(16)17-19)9-11-4-5-12(20-3)8-13(11)15/h4-5,8,10,19H,6-7,9H2,1-3H3,(H2,16,17). The number of nitrogens with zero attached hydrogens (tertiary/aromatic N) is 2. The van der Waals surface area contributed by atoms with Crippen molar-refractivity contribution in [2.45, 2.75) is 32.9 Å². The predicted octanol–water partition coefficient (Wildman–Crippen LogP) is 2.18. The van der Waals surface area contributed by atoms with E-state index in [9.17, 15) is 4.39 Å². The summed E-state index contributed by atoms with van der Waals surface area (Å²) in [5, 5.41) is 11.5. The first-order chi connectivity index (χ1) is 9.47. The summed E-state index contributed by atoms with van der Waals surface area (Å²) >= 11 is 0. The number of rotatable bonds is 7. The van der Waals surface area contributed by atoms with Crippen molar-refractivity contribution in [1.82, 2.24) is 4.90 Å². The van der Waals surface area contributed by atoms with Crippen molar-refractivity contribution in [3.63, 3.8) is 0 Å². The monoisotopic (exact) mass is 283 g/mol. The number of benzene rings is 1. The third-order valence-electron chi connectivity index (χ3n) is 3.15. The summed E-state index contributed by atoms with van der Waals surface area (Å²) < 4.78 is 18.9. The second kappa shape index (κ2) is 7.69. The maximum absolute atomic E-state index is 13.9. The van der Waals surface area contributed by atoms with Gasteiger partial charge in [0.25, 0.3) is 0 Å². The minimum Gasteiger partial charge on any atom is -0.497 e. The molecule has 1 aromatic rings. The molecule has 1 rings (SSSR count). The summed E-state index contributed by atoms with van der Waals surface area (Å²) in [6.45, 7) is 5.10. The van der Waals surface area contributed by atoms with Gasteiger partial charge in [-0.1, -0.05) is 11.2 Å². The summed E-state index contributed by atoms with van der Waals surface area (Å²) in [4.78, 5) is 2.06. The second-order valence-corrected chi connectivity index (χ2v) is 4.86. The molecule has 0 bridgehead atoms. The maximum atomic E-state index is 13.9. The highest BCUT2D eigenvalue weighted by Gasteiger charge is 2.14. The molecule has 112 valence electrons. The fourth-order valence-electron chi connectivity index (χ4n) is 1.83. The Morgan fingerprint density at radius 1 is 1.50 bits per heavy atom. The number of oxime groups is 1. The third kappa shape index (κ3) is 4.70. The number of halogens is 1. The molecular weight excluding hydrogens is 261 g/mol. The molecule has 0 radical (unpaired) electrons. The summed E-state index contributed by atoms with van der Waals surface area (Å²) in [5.41, 5.74) is 6.06. The van der Waals surface area contributed by atoms with E-state index >= 15 is 0 Å². The van der Waals surface area contributed by atoms with Crippen LogP contribution in [0.2, 0.25) is 0 Å². The van der Waals surface area contributed by atoms with Gasteiger partial charge in [-0.3, -0.25) is 4.90 Å². The molecule has 0 aliphatic heterocycles. The highest BCUT2D eigenvalue weighted by molar-refractivity contribution is 5.79. The molecule has 0 spiro atoms. The molecule has 1 aromatic carbocycles. The maximum Gasteiger partial charge on any atom is 0.140 e. The molecule has 0 aliphatic carbocycles. The minimum absolute atomic E-state index is 0.172. The molecule has 0 saturated carbocycles. The van der Waals surface area contributed by atoms with Crippen LogP contribution in [0.5, 0.6) is 5.75 Å². The van der Waals surface area contributed by atoms with Crippen molar-refractivity contribution in [3.8, 4) is 5.75 Å². The lowest BCUT2D eigenvalue weighted by Crippen LogP contribution is -2.33. The largest absolute Gasteiger partial charge is 0.497 e. The lowest BCUT2D eigenvalue weighted by molar-refractivity contribution is 0.215. The molecule has 5 nitrogen and oxygen atoms in total. The molecule has 0 saturated heterocycles. The van der Waals surface area contributed by atoms with E-state index in [0.717, 1.165) is 0 Å². The lowest BCUT2D eigenvalue weighted by atomic mass is 10.1. The first-order valence-electron chi connectivity index (χ1n) is 6.50. The van der Waals surface area contributed by atoms with E-state index in [1.54, 1.807) is 12.1 Å². The Balaban J connectivity index is 2.75. The third-order valence-corrected chi connectivity index (χ3v) is 3.15. The molecule has 0 heterocycles. The Morgan fingerprint density at radius 2 is 2.20 bits per heavy atom. The van der Waals surface area contributed by atoms with E-state index in [1.165, 1.54) is 13.2 Å². The van der Waals surface area contributed by atoms with Crippen molar-refractivity contribution in [2.75, 3.05) is 13.7 Å². The van der Waals surface area contributed by atoms with E-state index in [-0.39, 0.29) is 17.7 Å². The average molecular weight is 283 g/mol. The minimum atomic E-state index is -0.293. The van der Waals surface area contributed by atoms with E-state index in [2.05, 4.69) is 10.1 Å². The van der Waals surface area contributed by atoms with Crippen LogP contribution in [0.4, 0.5) is 4.39 Å². The summed E-state index contributed by atoms with van der Waals surface area (Å²) in [6.07, 6.45) is 0.437. The molecular formula is C14H22FN3O2. The molecule has 0 unspecified atom stereocenters. The molecule has 0 amide bonds. The predicted molar refractivity (Wildman–Crippen MR) is 76.5 cm³/mol. The van der Waals surface area contributed by atoms with Gasteiger partial charge in [0.05, 0.1) is 7.11 Å². The van der Waals surface area contributed by atoms with Gasteiger partial charge in [-0.25, -0.2) is 4.39 Å². The Labute approximate surface area is 118 Å². The van der Waals surface area contributed by atoms with Crippen LogP contribution in [0.25, 0.3) is 0 Å². The quantitative estimate of drug-likeness (QED) is 0.348. The normalized spacial score (nSPS) is 12.2. The number of hydrogen-bond acceptors (Lipinski definition) is 4. The first kappa shape index (κ1) is 16.2. The van der Waals surface area contributed by atoms with Gasteiger partial charge >= 0.3 is 0 Å². The van der Waals surface area contributed by atoms with Gasteiger partial charge in [-0.15, -0.1) is 0 Å². The molecule has 0 aliphatic rings. The van der Waals surface area contributed by atoms with Crippen molar-refractivity contribution < 1.29 is 14.3 Å². The Morgan fingerprint density at radius 3 is 2.70 bits per heavy atom. The fourth-order valence-corrected chi connectivity index (χ4v) is 1.83. The van der Waals surface area contributed by atoms with Gasteiger partial charge < -0.3 is 15.7 Å². The zero-order chi connectivity index (χ0) is 15.1.